The zero-order chi connectivity index (χ0) is 12.9. The van der Waals surface area contributed by atoms with Crippen LogP contribution in [0.15, 0.2) is 24.3 Å². The van der Waals surface area contributed by atoms with Gasteiger partial charge in [-0.15, -0.1) is 0 Å². The molecule has 4 heteroatoms. The highest BCUT2D eigenvalue weighted by molar-refractivity contribution is 6.33. The summed E-state index contributed by atoms with van der Waals surface area (Å²) < 4.78 is 5.07. The van der Waals surface area contributed by atoms with Crippen molar-refractivity contribution in [3.63, 3.8) is 0 Å². The van der Waals surface area contributed by atoms with Gasteiger partial charge in [-0.05, 0) is 32.4 Å². The van der Waals surface area contributed by atoms with E-state index in [-0.39, 0.29) is 5.97 Å². The van der Waals surface area contributed by atoms with E-state index in [9.17, 15) is 4.79 Å². The maximum Gasteiger partial charge on any atom is 0.331 e. The van der Waals surface area contributed by atoms with Crippen LogP contribution in [0.25, 0.3) is 0 Å². The average molecular weight is 256 g/mol. The van der Waals surface area contributed by atoms with Crippen LogP contribution in [0.4, 0.5) is 5.69 Å². The van der Waals surface area contributed by atoms with Gasteiger partial charge in [-0.25, -0.2) is 4.79 Å². The standard InChI is InChI=1S/C13H18ClNO2/c1-4-13(3,12(16)17-5-2)15-11-9-7-6-8-10(11)14/h6-9,15H,4-5H2,1-3H3. The molecule has 0 radical (unpaired) electrons. The molecular formula is C13H18ClNO2. The van der Waals surface area contributed by atoms with Gasteiger partial charge in [0.05, 0.1) is 17.3 Å². The number of halogens is 1. The molecule has 0 saturated carbocycles. The SMILES string of the molecule is CCOC(=O)C(C)(CC)Nc1ccccc1Cl. The summed E-state index contributed by atoms with van der Waals surface area (Å²) in [6, 6.07) is 7.34. The number of rotatable bonds is 5. The number of carbonyl (C=O) groups is 1. The molecule has 17 heavy (non-hydrogen) atoms. The summed E-state index contributed by atoms with van der Waals surface area (Å²) in [6.07, 6.45) is 0.622. The number of carbonyl (C=O) groups excluding carboxylic acids is 1. The van der Waals surface area contributed by atoms with Crippen molar-refractivity contribution in [1.82, 2.24) is 0 Å². The molecule has 0 spiro atoms. The maximum atomic E-state index is 11.9. The van der Waals surface area contributed by atoms with Gasteiger partial charge in [0, 0.05) is 0 Å². The van der Waals surface area contributed by atoms with Crippen molar-refractivity contribution in [2.75, 3.05) is 11.9 Å². The third-order valence-electron chi connectivity index (χ3n) is 2.72. The highest BCUT2D eigenvalue weighted by Crippen LogP contribution is 2.26. The second-order valence-corrected chi connectivity index (χ2v) is 4.42. The summed E-state index contributed by atoms with van der Waals surface area (Å²) in [6.45, 7) is 5.91. The summed E-state index contributed by atoms with van der Waals surface area (Å²) in [7, 11) is 0. The lowest BCUT2D eigenvalue weighted by Gasteiger charge is -2.28. The Bertz CT molecular complexity index is 395. The Kier molecular flexibility index (Phi) is 4.82. The Balaban J connectivity index is 2.89. The van der Waals surface area contributed by atoms with E-state index in [0.29, 0.717) is 18.1 Å². The van der Waals surface area contributed by atoms with Gasteiger partial charge in [0.25, 0.3) is 0 Å². The molecule has 1 aromatic rings. The van der Waals surface area contributed by atoms with E-state index in [4.69, 9.17) is 16.3 Å². The minimum atomic E-state index is -0.749. The first-order chi connectivity index (χ1) is 8.03. The number of nitrogens with one attached hydrogen (secondary N) is 1. The summed E-state index contributed by atoms with van der Waals surface area (Å²) in [5.41, 5.74) is -0.00681. The zero-order valence-electron chi connectivity index (χ0n) is 10.4. The fourth-order valence-electron chi connectivity index (χ4n) is 1.43. The molecule has 0 bridgehead atoms. The molecule has 1 rings (SSSR count). The van der Waals surface area contributed by atoms with Crippen LogP contribution < -0.4 is 5.32 Å². The van der Waals surface area contributed by atoms with Gasteiger partial charge in [-0.3, -0.25) is 0 Å². The largest absolute Gasteiger partial charge is 0.464 e. The van der Waals surface area contributed by atoms with Crippen molar-refractivity contribution in [2.45, 2.75) is 32.7 Å². The smallest absolute Gasteiger partial charge is 0.331 e. The normalized spacial score (nSPS) is 13.9. The molecule has 0 fully saturated rings. The second-order valence-electron chi connectivity index (χ2n) is 4.01. The molecule has 0 heterocycles. The highest BCUT2D eigenvalue weighted by Gasteiger charge is 2.33. The number of esters is 1. The maximum absolute atomic E-state index is 11.9. The third kappa shape index (κ3) is 3.37. The number of hydrogen-bond donors (Lipinski definition) is 1. The monoisotopic (exact) mass is 255 g/mol. The van der Waals surface area contributed by atoms with Crippen LogP contribution in [0.1, 0.15) is 27.2 Å². The summed E-state index contributed by atoms with van der Waals surface area (Å²) >= 11 is 6.05. The predicted molar refractivity (Wildman–Crippen MR) is 70.4 cm³/mol. The Morgan fingerprint density at radius 1 is 1.41 bits per heavy atom. The molecule has 1 atom stereocenters. The molecular weight excluding hydrogens is 238 g/mol. The third-order valence-corrected chi connectivity index (χ3v) is 3.05. The molecule has 0 amide bonds. The van der Waals surface area contributed by atoms with E-state index in [1.54, 1.807) is 13.0 Å². The molecule has 0 aliphatic carbocycles. The molecule has 1 unspecified atom stereocenters. The molecule has 1 N–H and O–H groups in total. The average Bonchev–Trinajstić information content (AvgIpc) is 2.32. The fraction of sp³-hybridized carbons (Fsp3) is 0.462. The van der Waals surface area contributed by atoms with Crippen LogP contribution in [0.5, 0.6) is 0 Å². The molecule has 0 aromatic heterocycles. The van der Waals surface area contributed by atoms with E-state index < -0.39 is 5.54 Å². The summed E-state index contributed by atoms with van der Waals surface area (Å²) in [5.74, 6) is -0.262. The number of hydrogen-bond acceptors (Lipinski definition) is 3. The number of benzene rings is 1. The first kappa shape index (κ1) is 13.8. The molecule has 0 saturated heterocycles. The number of para-hydroxylation sites is 1. The topological polar surface area (TPSA) is 38.3 Å². The van der Waals surface area contributed by atoms with Gasteiger partial charge in [0.15, 0.2) is 0 Å². The van der Waals surface area contributed by atoms with Gasteiger partial charge < -0.3 is 10.1 Å². The van der Waals surface area contributed by atoms with Crippen LogP contribution in [0.2, 0.25) is 5.02 Å². The Hall–Kier alpha value is -1.22. The van der Waals surface area contributed by atoms with Crippen molar-refractivity contribution in [1.29, 1.82) is 0 Å². The van der Waals surface area contributed by atoms with Gasteiger partial charge >= 0.3 is 5.97 Å². The highest BCUT2D eigenvalue weighted by atomic mass is 35.5. The molecule has 1 aromatic carbocycles. The van der Waals surface area contributed by atoms with Crippen LogP contribution in [0.3, 0.4) is 0 Å². The van der Waals surface area contributed by atoms with Crippen molar-refractivity contribution in [3.05, 3.63) is 29.3 Å². The molecule has 3 nitrogen and oxygen atoms in total. The van der Waals surface area contributed by atoms with Crippen molar-refractivity contribution in [2.24, 2.45) is 0 Å². The van der Waals surface area contributed by atoms with E-state index in [0.717, 1.165) is 5.69 Å². The lowest BCUT2D eigenvalue weighted by molar-refractivity contribution is -0.148. The Labute approximate surface area is 107 Å². The van der Waals surface area contributed by atoms with E-state index in [1.807, 2.05) is 32.0 Å². The van der Waals surface area contributed by atoms with Crippen molar-refractivity contribution >= 4 is 23.3 Å². The van der Waals surface area contributed by atoms with Crippen LogP contribution >= 0.6 is 11.6 Å². The lowest BCUT2D eigenvalue weighted by Crippen LogP contribution is -2.44. The molecule has 0 aliphatic rings. The number of ether oxygens (including phenoxy) is 1. The van der Waals surface area contributed by atoms with Gasteiger partial charge in [-0.2, -0.15) is 0 Å². The zero-order valence-corrected chi connectivity index (χ0v) is 11.2. The minimum absolute atomic E-state index is 0.262. The van der Waals surface area contributed by atoms with E-state index >= 15 is 0 Å². The van der Waals surface area contributed by atoms with Crippen molar-refractivity contribution < 1.29 is 9.53 Å². The van der Waals surface area contributed by atoms with Gasteiger partial charge in [0.2, 0.25) is 0 Å². The quantitative estimate of drug-likeness (QED) is 0.819. The molecule has 0 aliphatic heterocycles. The first-order valence-corrected chi connectivity index (χ1v) is 6.11. The first-order valence-electron chi connectivity index (χ1n) is 5.73. The molecule has 94 valence electrons. The summed E-state index contributed by atoms with van der Waals surface area (Å²) in [4.78, 5) is 11.9. The predicted octanol–water partition coefficient (Wildman–Crippen LogP) is 3.48. The van der Waals surface area contributed by atoms with Crippen LogP contribution in [-0.2, 0) is 9.53 Å². The van der Waals surface area contributed by atoms with Gasteiger partial charge in [0.1, 0.15) is 5.54 Å². The Morgan fingerprint density at radius 2 is 2.06 bits per heavy atom. The Morgan fingerprint density at radius 3 is 2.59 bits per heavy atom. The fourth-order valence-corrected chi connectivity index (χ4v) is 1.62. The minimum Gasteiger partial charge on any atom is -0.464 e. The van der Waals surface area contributed by atoms with E-state index in [2.05, 4.69) is 5.32 Å². The summed E-state index contributed by atoms with van der Waals surface area (Å²) in [5, 5.41) is 3.75. The van der Waals surface area contributed by atoms with Crippen molar-refractivity contribution in [3.8, 4) is 0 Å². The van der Waals surface area contributed by atoms with Crippen LogP contribution in [-0.4, -0.2) is 18.1 Å². The van der Waals surface area contributed by atoms with E-state index in [1.165, 1.54) is 0 Å². The second kappa shape index (κ2) is 5.92. The number of anilines is 1. The van der Waals surface area contributed by atoms with Gasteiger partial charge in [-0.1, -0.05) is 30.7 Å². The van der Waals surface area contributed by atoms with Crippen LogP contribution in [0, 0.1) is 0 Å². The lowest BCUT2D eigenvalue weighted by atomic mass is 9.98.